The van der Waals surface area contributed by atoms with Crippen molar-refractivity contribution in [3.8, 4) is 0 Å². The third kappa shape index (κ3) is 28.8. The number of hydrogen-bond donors (Lipinski definition) is 0. The second-order valence-electron chi connectivity index (χ2n) is 30.2. The van der Waals surface area contributed by atoms with Gasteiger partial charge in [-0.1, -0.05) is 133 Å². The van der Waals surface area contributed by atoms with Gasteiger partial charge in [-0.05, 0) is 143 Å². The van der Waals surface area contributed by atoms with Crippen LogP contribution in [0.2, 0.25) is 0 Å². The summed E-state index contributed by atoms with van der Waals surface area (Å²) in [5.74, 6) is 3.96. The van der Waals surface area contributed by atoms with Crippen molar-refractivity contribution in [3.63, 3.8) is 0 Å². The molecule has 392 valence electrons. The Morgan fingerprint density at radius 1 is 0.448 bits per heavy atom. The first-order chi connectivity index (χ1) is 29.6. The fourth-order valence-corrected chi connectivity index (χ4v) is 9.53. The van der Waals surface area contributed by atoms with E-state index in [0.29, 0.717) is 44.4 Å². The van der Waals surface area contributed by atoms with Crippen molar-refractivity contribution in [2.45, 2.75) is 284 Å². The van der Waals surface area contributed by atoms with Crippen molar-refractivity contribution >= 4 is 0 Å². The van der Waals surface area contributed by atoms with Gasteiger partial charge in [0, 0.05) is 72.5 Å². The molecule has 0 spiro atoms. The van der Waals surface area contributed by atoms with Crippen LogP contribution in [0, 0.1) is 71.0 Å². The molecule has 9 aliphatic rings. The van der Waals surface area contributed by atoms with Gasteiger partial charge in [0.1, 0.15) is 0 Å². The predicted molar refractivity (Wildman–Crippen MR) is 299 cm³/mol. The van der Waals surface area contributed by atoms with Gasteiger partial charge in [0.15, 0.2) is 0 Å². The van der Waals surface area contributed by atoms with Crippen LogP contribution in [0.3, 0.4) is 0 Å². The maximum atomic E-state index is 4.32. The number of hydrogen-bond acceptors (Lipinski definition) is 4. The molecule has 9 rings (SSSR count). The molecule has 0 aromatic carbocycles. The zero-order valence-electron chi connectivity index (χ0n) is 50.3. The zero-order valence-corrected chi connectivity index (χ0v) is 54.5. The van der Waals surface area contributed by atoms with Gasteiger partial charge >= 0.3 is 31.1 Å². The van der Waals surface area contributed by atoms with Crippen LogP contribution in [-0.4, -0.2) is 105 Å². The molecule has 3 aliphatic carbocycles. The Balaban J connectivity index is 0.000000779. The van der Waals surface area contributed by atoms with Crippen LogP contribution in [0.15, 0.2) is 36.5 Å². The normalized spacial score (nSPS) is 28.7. The van der Waals surface area contributed by atoms with E-state index < -0.39 is 0 Å². The van der Waals surface area contributed by atoms with Crippen LogP contribution >= 0.6 is 0 Å². The van der Waals surface area contributed by atoms with Crippen molar-refractivity contribution in [1.82, 2.24) is 19.6 Å². The molecule has 5 nitrogen and oxygen atoms in total. The van der Waals surface area contributed by atoms with E-state index in [1.807, 2.05) is 0 Å². The molecule has 8 unspecified atom stereocenters. The van der Waals surface area contributed by atoms with Crippen molar-refractivity contribution in [2.75, 3.05) is 32.7 Å². The average Bonchev–Trinajstić information content (AvgIpc) is 3.99. The van der Waals surface area contributed by atoms with E-state index in [9.17, 15) is 0 Å². The number of piperazine rings is 1. The molecular formula is C61H119N5U. The molecule has 6 heterocycles. The smallest absolute Gasteiger partial charge is 0.656 e. The summed E-state index contributed by atoms with van der Waals surface area (Å²) < 4.78 is 0. The van der Waals surface area contributed by atoms with Crippen molar-refractivity contribution in [3.05, 3.63) is 47.7 Å². The van der Waals surface area contributed by atoms with Crippen molar-refractivity contribution in [1.29, 1.82) is 0 Å². The standard InChI is InChI=1S/C15H30N2.2C10H17N.C6H8N.C6H14.2C5H12.C4H9.U/c1-14(2,3)16-10-13-9-7-8-12(16)11-17(13)15(4,5)6;2*1-10(2,3)11-7-8-4-5-9(11)6-8;1-2-6-3-5(1)4-7-6;1-5-6(2,3)4;2*1-5(2,3)4;1-4(2)3;/h12-13H,7-11H2,1-6H3;2*4-5,8-9H,6-7H2,1-3H3;1-2,5-6H,3-4H2;5H2,1-4H3;2*1-4H3;1-3H3;/q;;;-1;;;;-1;+2. The zero-order chi connectivity index (χ0) is 51.4. The van der Waals surface area contributed by atoms with Crippen LogP contribution in [0.5, 0.6) is 0 Å². The van der Waals surface area contributed by atoms with E-state index in [1.165, 1.54) is 77.0 Å². The van der Waals surface area contributed by atoms with Crippen LogP contribution in [0.1, 0.15) is 232 Å². The topological polar surface area (TPSA) is 27.1 Å². The second-order valence-corrected chi connectivity index (χ2v) is 30.2. The first-order valence-electron chi connectivity index (χ1n) is 27.1. The van der Waals surface area contributed by atoms with Crippen molar-refractivity contribution in [2.24, 2.45) is 34.0 Å². The van der Waals surface area contributed by atoms with Gasteiger partial charge in [-0.15, -0.1) is 18.7 Å². The molecule has 8 atom stereocenters. The van der Waals surface area contributed by atoms with Gasteiger partial charge in [0.05, 0.1) is 0 Å². The summed E-state index contributed by atoms with van der Waals surface area (Å²) >= 11 is 0. The molecule has 0 N–H and O–H groups in total. The molecule has 6 saturated heterocycles. The minimum absolute atomic E-state index is 0. The molecule has 8 bridgehead atoms. The Kier molecular flexibility index (Phi) is 28.0. The molecular weight excluding hydrogens is 1040 g/mol. The number of fused-ring (bicyclic) bond motifs is 10. The Hall–Kier alpha value is 0.0719. The number of likely N-dealkylation sites (tertiary alicyclic amines) is 2. The number of rotatable bonds is 0. The summed E-state index contributed by atoms with van der Waals surface area (Å²) in [5.41, 5.74) is 2.93. The molecule has 67 heavy (non-hydrogen) atoms. The quantitative estimate of drug-likeness (QED) is 0.178. The largest absolute Gasteiger partial charge is 2.00 e. The first kappa shape index (κ1) is 67.1. The summed E-state index contributed by atoms with van der Waals surface area (Å²) in [5, 5.41) is 4.32. The molecule has 0 saturated carbocycles. The van der Waals surface area contributed by atoms with Crippen molar-refractivity contribution < 1.29 is 31.1 Å². The fraction of sp³-hybridized carbons (Fsp3) is 0.885. The predicted octanol–water partition coefficient (Wildman–Crippen LogP) is 16.7. The molecule has 6 fully saturated rings. The molecule has 6 heteroatoms. The molecule has 0 aromatic heterocycles. The maximum Gasteiger partial charge on any atom is 2.00 e. The molecule has 0 radical (unpaired) electrons. The van der Waals surface area contributed by atoms with Gasteiger partial charge in [-0.25, -0.2) is 0 Å². The monoisotopic (exact) mass is 1160 g/mol. The second kappa shape index (κ2) is 27.9. The summed E-state index contributed by atoms with van der Waals surface area (Å²) in [4.78, 5) is 10.7. The van der Waals surface area contributed by atoms with E-state index in [1.54, 1.807) is 0 Å². The van der Waals surface area contributed by atoms with Gasteiger partial charge in [0.2, 0.25) is 0 Å². The SMILES string of the molecule is C1=CC2CC1C[N-]2.CC(C)(C)C.CC(C)(C)C.CC(C)(C)N1CC2C=CC1C2.CC(C)(C)N1CC2C=CC1C2.CC(C)(C)N1CC2CCCC1CN2C(C)(C)C.CCC(C)(C)C.C[C-](C)C.[U+2]. The third-order valence-corrected chi connectivity index (χ3v) is 13.0. The van der Waals surface area contributed by atoms with Crippen LogP contribution in [0.4, 0.5) is 0 Å². The summed E-state index contributed by atoms with van der Waals surface area (Å²) in [6.07, 6.45) is 23.5. The Labute approximate surface area is 446 Å². The summed E-state index contributed by atoms with van der Waals surface area (Å²) in [6.45, 7) is 67.0. The van der Waals surface area contributed by atoms with Crippen LogP contribution in [0.25, 0.3) is 5.32 Å². The van der Waals surface area contributed by atoms with E-state index in [0.717, 1.165) is 48.5 Å². The van der Waals surface area contributed by atoms with Crippen LogP contribution in [-0.2, 0) is 0 Å². The van der Waals surface area contributed by atoms with Gasteiger partial charge < -0.3 is 11.2 Å². The Morgan fingerprint density at radius 2 is 0.746 bits per heavy atom. The Morgan fingerprint density at radius 3 is 0.881 bits per heavy atom. The van der Waals surface area contributed by atoms with E-state index in [4.69, 9.17) is 0 Å². The van der Waals surface area contributed by atoms with E-state index >= 15 is 0 Å². The van der Waals surface area contributed by atoms with Gasteiger partial charge in [-0.3, -0.25) is 19.6 Å². The first-order valence-corrected chi connectivity index (χ1v) is 27.1. The van der Waals surface area contributed by atoms with E-state index in [-0.39, 0.29) is 31.1 Å². The van der Waals surface area contributed by atoms with Gasteiger partial charge in [0.25, 0.3) is 0 Å². The Bertz CT molecular complexity index is 1320. The summed E-state index contributed by atoms with van der Waals surface area (Å²) in [6, 6.07) is 3.66. The fourth-order valence-electron chi connectivity index (χ4n) is 9.53. The van der Waals surface area contributed by atoms with E-state index in [2.05, 4.69) is 248 Å². The molecule has 0 amide bonds. The minimum atomic E-state index is 0. The third-order valence-electron chi connectivity index (χ3n) is 13.0. The van der Waals surface area contributed by atoms with Crippen LogP contribution < -0.4 is 0 Å². The molecule has 0 aromatic rings. The maximum absolute atomic E-state index is 4.32. The number of nitrogens with zero attached hydrogens (tertiary/aromatic N) is 5. The average molecular weight is 1160 g/mol. The summed E-state index contributed by atoms with van der Waals surface area (Å²) in [7, 11) is 0. The minimum Gasteiger partial charge on any atom is -0.656 e. The molecule has 6 aliphatic heterocycles. The van der Waals surface area contributed by atoms with Gasteiger partial charge in [-0.2, -0.15) is 20.8 Å².